The van der Waals surface area contributed by atoms with E-state index in [0.29, 0.717) is 6.61 Å². The van der Waals surface area contributed by atoms with Gasteiger partial charge in [-0.1, -0.05) is 42.5 Å². The second-order valence-electron chi connectivity index (χ2n) is 5.61. The lowest BCUT2D eigenvalue weighted by Gasteiger charge is -2.11. The Morgan fingerprint density at radius 3 is 2.14 bits per heavy atom. The van der Waals surface area contributed by atoms with Gasteiger partial charge >= 0.3 is 0 Å². The van der Waals surface area contributed by atoms with Crippen molar-refractivity contribution >= 4 is 0 Å². The number of likely N-dealkylation sites (N-methyl/N-ethyl adjacent to an activating group) is 1. The number of nitrogens with zero attached hydrogens (tertiary/aromatic N) is 1. The van der Waals surface area contributed by atoms with E-state index in [1.54, 1.807) is 0 Å². The third-order valence-corrected chi connectivity index (χ3v) is 3.64. The SMILES string of the molecule is CN(C)CCOc1ccc([C@H]2O[C@H]2c2ccccc2)cc1. The van der Waals surface area contributed by atoms with E-state index < -0.39 is 0 Å². The third-order valence-electron chi connectivity index (χ3n) is 3.64. The summed E-state index contributed by atoms with van der Waals surface area (Å²) in [6, 6.07) is 18.6. The monoisotopic (exact) mass is 283 g/mol. The van der Waals surface area contributed by atoms with E-state index in [-0.39, 0.29) is 12.2 Å². The van der Waals surface area contributed by atoms with Crippen molar-refractivity contribution in [3.05, 3.63) is 65.7 Å². The highest BCUT2D eigenvalue weighted by atomic mass is 16.6. The van der Waals surface area contributed by atoms with Crippen molar-refractivity contribution in [1.82, 2.24) is 4.90 Å². The quantitative estimate of drug-likeness (QED) is 0.759. The van der Waals surface area contributed by atoms with Crippen LogP contribution in [0, 0.1) is 0 Å². The van der Waals surface area contributed by atoms with Gasteiger partial charge in [0.05, 0.1) is 0 Å². The molecule has 1 fully saturated rings. The molecule has 2 atom stereocenters. The standard InChI is InChI=1S/C18H21NO2/c1-19(2)12-13-20-16-10-8-15(9-11-16)18-17(21-18)14-6-4-3-5-7-14/h3-11,17-18H,12-13H2,1-2H3/t17-,18+/m0/s1. The molecule has 1 aliphatic rings. The summed E-state index contributed by atoms with van der Waals surface area (Å²) in [5.74, 6) is 0.914. The van der Waals surface area contributed by atoms with Crippen molar-refractivity contribution < 1.29 is 9.47 Å². The van der Waals surface area contributed by atoms with Gasteiger partial charge < -0.3 is 14.4 Å². The lowest BCUT2D eigenvalue weighted by atomic mass is 10.0. The Hall–Kier alpha value is -1.84. The summed E-state index contributed by atoms with van der Waals surface area (Å²) in [5, 5.41) is 0. The molecule has 1 saturated heterocycles. The van der Waals surface area contributed by atoms with Crippen LogP contribution in [0.4, 0.5) is 0 Å². The van der Waals surface area contributed by atoms with Gasteiger partial charge in [-0.3, -0.25) is 0 Å². The molecule has 1 aliphatic heterocycles. The van der Waals surface area contributed by atoms with Crippen LogP contribution in [0.3, 0.4) is 0 Å². The van der Waals surface area contributed by atoms with Gasteiger partial charge in [-0.15, -0.1) is 0 Å². The van der Waals surface area contributed by atoms with Crippen LogP contribution in [0.15, 0.2) is 54.6 Å². The lowest BCUT2D eigenvalue weighted by molar-refractivity contribution is 0.261. The molecule has 3 rings (SSSR count). The second kappa shape index (κ2) is 6.29. The Bertz CT molecular complexity index is 566. The number of hydrogen-bond acceptors (Lipinski definition) is 3. The van der Waals surface area contributed by atoms with E-state index in [1.165, 1.54) is 11.1 Å². The molecule has 0 radical (unpaired) electrons. The summed E-state index contributed by atoms with van der Waals surface area (Å²) in [4.78, 5) is 2.11. The molecule has 0 unspecified atom stereocenters. The molecule has 110 valence electrons. The third kappa shape index (κ3) is 3.63. The molecule has 0 saturated carbocycles. The van der Waals surface area contributed by atoms with E-state index in [1.807, 2.05) is 32.3 Å². The van der Waals surface area contributed by atoms with Crippen LogP contribution in [0.25, 0.3) is 0 Å². The molecular formula is C18H21NO2. The first-order valence-electron chi connectivity index (χ1n) is 7.32. The Morgan fingerprint density at radius 1 is 0.905 bits per heavy atom. The average molecular weight is 283 g/mol. The number of ether oxygens (including phenoxy) is 2. The van der Waals surface area contributed by atoms with Crippen molar-refractivity contribution in [2.75, 3.05) is 27.2 Å². The zero-order valence-electron chi connectivity index (χ0n) is 12.5. The van der Waals surface area contributed by atoms with Crippen molar-refractivity contribution in [2.45, 2.75) is 12.2 Å². The summed E-state index contributed by atoms with van der Waals surface area (Å²) >= 11 is 0. The smallest absolute Gasteiger partial charge is 0.119 e. The van der Waals surface area contributed by atoms with E-state index >= 15 is 0 Å². The maximum absolute atomic E-state index is 5.79. The molecule has 0 aromatic heterocycles. The van der Waals surface area contributed by atoms with E-state index in [0.717, 1.165) is 12.3 Å². The maximum atomic E-state index is 5.79. The van der Waals surface area contributed by atoms with Gasteiger partial charge in [-0.2, -0.15) is 0 Å². The van der Waals surface area contributed by atoms with Crippen LogP contribution in [-0.4, -0.2) is 32.1 Å². The number of epoxide rings is 1. The van der Waals surface area contributed by atoms with Gasteiger partial charge in [0, 0.05) is 6.54 Å². The topological polar surface area (TPSA) is 25.0 Å². The van der Waals surface area contributed by atoms with Crippen LogP contribution < -0.4 is 4.74 Å². The molecule has 2 aromatic carbocycles. The normalized spacial score (nSPS) is 20.5. The highest BCUT2D eigenvalue weighted by Gasteiger charge is 2.41. The molecule has 0 spiro atoms. The zero-order valence-corrected chi connectivity index (χ0v) is 12.5. The van der Waals surface area contributed by atoms with Gasteiger partial charge in [0.2, 0.25) is 0 Å². The first-order valence-corrected chi connectivity index (χ1v) is 7.32. The Kier molecular flexibility index (Phi) is 4.23. The summed E-state index contributed by atoms with van der Waals surface area (Å²) < 4.78 is 11.5. The second-order valence-corrected chi connectivity index (χ2v) is 5.61. The number of hydrogen-bond donors (Lipinski definition) is 0. The maximum Gasteiger partial charge on any atom is 0.119 e. The lowest BCUT2D eigenvalue weighted by Crippen LogP contribution is -2.19. The summed E-state index contributed by atoms with van der Waals surface area (Å²) in [6.07, 6.45) is 0.384. The average Bonchev–Trinajstić information content (AvgIpc) is 3.29. The summed E-state index contributed by atoms with van der Waals surface area (Å²) in [5.41, 5.74) is 2.46. The number of rotatable bonds is 6. The zero-order chi connectivity index (χ0) is 14.7. The highest BCUT2D eigenvalue weighted by molar-refractivity contribution is 5.34. The molecule has 0 amide bonds. The minimum Gasteiger partial charge on any atom is -0.492 e. The van der Waals surface area contributed by atoms with Crippen molar-refractivity contribution in [1.29, 1.82) is 0 Å². The molecule has 3 nitrogen and oxygen atoms in total. The molecule has 0 N–H and O–H groups in total. The number of benzene rings is 2. The van der Waals surface area contributed by atoms with Gasteiger partial charge in [0.25, 0.3) is 0 Å². The minimum absolute atomic E-state index is 0.184. The molecule has 3 heteroatoms. The molecule has 21 heavy (non-hydrogen) atoms. The Balaban J connectivity index is 1.56. The van der Waals surface area contributed by atoms with E-state index in [9.17, 15) is 0 Å². The molecule has 0 aliphatic carbocycles. The Labute approximate surface area is 126 Å². The summed E-state index contributed by atoms with van der Waals surface area (Å²) in [7, 11) is 4.08. The fourth-order valence-electron chi connectivity index (χ4n) is 2.36. The first-order chi connectivity index (χ1) is 10.2. The highest BCUT2D eigenvalue weighted by Crippen LogP contribution is 2.50. The van der Waals surface area contributed by atoms with Crippen molar-refractivity contribution in [3.63, 3.8) is 0 Å². The van der Waals surface area contributed by atoms with E-state index in [2.05, 4.69) is 41.3 Å². The summed E-state index contributed by atoms with van der Waals surface area (Å²) in [6.45, 7) is 1.63. The van der Waals surface area contributed by atoms with E-state index in [4.69, 9.17) is 9.47 Å². The van der Waals surface area contributed by atoms with Gasteiger partial charge in [-0.05, 0) is 37.4 Å². The first kappa shape index (κ1) is 14.1. The minimum atomic E-state index is 0.184. The fourth-order valence-corrected chi connectivity index (χ4v) is 2.36. The molecular weight excluding hydrogens is 262 g/mol. The van der Waals surface area contributed by atoms with Crippen LogP contribution in [0.5, 0.6) is 5.75 Å². The van der Waals surface area contributed by atoms with Gasteiger partial charge in [-0.25, -0.2) is 0 Å². The largest absolute Gasteiger partial charge is 0.492 e. The van der Waals surface area contributed by atoms with Crippen molar-refractivity contribution in [3.8, 4) is 5.75 Å². The molecule has 1 heterocycles. The van der Waals surface area contributed by atoms with Gasteiger partial charge in [0.1, 0.15) is 24.6 Å². The van der Waals surface area contributed by atoms with Crippen LogP contribution in [0.2, 0.25) is 0 Å². The molecule has 0 bridgehead atoms. The predicted octanol–water partition coefficient (Wildman–Crippen LogP) is 3.44. The van der Waals surface area contributed by atoms with Crippen LogP contribution in [0.1, 0.15) is 23.3 Å². The van der Waals surface area contributed by atoms with Crippen LogP contribution >= 0.6 is 0 Å². The predicted molar refractivity (Wildman–Crippen MR) is 83.5 cm³/mol. The molecule has 2 aromatic rings. The van der Waals surface area contributed by atoms with Crippen molar-refractivity contribution in [2.24, 2.45) is 0 Å². The fraction of sp³-hybridized carbons (Fsp3) is 0.333. The Morgan fingerprint density at radius 2 is 1.52 bits per heavy atom. The van der Waals surface area contributed by atoms with Crippen LogP contribution in [-0.2, 0) is 4.74 Å². The van der Waals surface area contributed by atoms with Gasteiger partial charge in [0.15, 0.2) is 0 Å².